The number of hydrogen-bond donors (Lipinski definition) is 0. The lowest BCUT2D eigenvalue weighted by Gasteiger charge is -2.35. The summed E-state index contributed by atoms with van der Waals surface area (Å²) in [6.45, 7) is 12.1. The Balaban J connectivity index is 1.90. The third-order valence-electron chi connectivity index (χ3n) is 3.81. The fourth-order valence-corrected chi connectivity index (χ4v) is 2.62. The van der Waals surface area contributed by atoms with Crippen molar-refractivity contribution in [1.82, 2.24) is 19.6 Å². The van der Waals surface area contributed by atoms with Crippen molar-refractivity contribution < 1.29 is 0 Å². The van der Waals surface area contributed by atoms with Crippen LogP contribution in [0.3, 0.4) is 0 Å². The first-order chi connectivity index (χ1) is 9.13. The molecule has 0 radical (unpaired) electrons. The van der Waals surface area contributed by atoms with Gasteiger partial charge >= 0.3 is 0 Å². The van der Waals surface area contributed by atoms with Crippen LogP contribution in [-0.4, -0.2) is 51.8 Å². The van der Waals surface area contributed by atoms with Gasteiger partial charge in [-0.05, 0) is 26.8 Å². The van der Waals surface area contributed by atoms with Crippen molar-refractivity contribution in [3.63, 3.8) is 0 Å². The molecule has 0 amide bonds. The Hall–Kier alpha value is -1.38. The summed E-state index contributed by atoms with van der Waals surface area (Å²) in [5.41, 5.74) is 2.38. The fourth-order valence-electron chi connectivity index (χ4n) is 2.62. The van der Waals surface area contributed by atoms with Crippen molar-refractivity contribution >= 4 is 0 Å². The van der Waals surface area contributed by atoms with E-state index in [9.17, 15) is 0 Å². The monoisotopic (exact) mass is 261 g/mol. The highest BCUT2D eigenvalue weighted by atomic mass is 15.3. The van der Waals surface area contributed by atoms with E-state index in [-0.39, 0.29) is 6.04 Å². The van der Waals surface area contributed by atoms with Gasteiger partial charge in [-0.3, -0.25) is 14.5 Å². The van der Waals surface area contributed by atoms with E-state index in [0.29, 0.717) is 0 Å². The van der Waals surface area contributed by atoms with Gasteiger partial charge in [0.1, 0.15) is 0 Å². The van der Waals surface area contributed by atoms with Crippen molar-refractivity contribution in [3.05, 3.63) is 17.5 Å². The topological polar surface area (TPSA) is 48.1 Å². The molecular weight excluding hydrogens is 238 g/mol. The molecule has 1 aliphatic rings. The zero-order valence-corrected chi connectivity index (χ0v) is 12.1. The summed E-state index contributed by atoms with van der Waals surface area (Å²) in [7, 11) is 0. The average Bonchev–Trinajstić information content (AvgIpc) is 2.78. The normalized spacial score (nSPS) is 19.3. The molecule has 1 aromatic rings. The zero-order chi connectivity index (χ0) is 13.8. The molecule has 0 bridgehead atoms. The second-order valence-electron chi connectivity index (χ2n) is 5.21. The summed E-state index contributed by atoms with van der Waals surface area (Å²) in [4.78, 5) is 4.70. The zero-order valence-electron chi connectivity index (χ0n) is 12.1. The molecule has 2 rings (SSSR count). The molecule has 1 aliphatic heterocycles. The first kappa shape index (κ1) is 14.0. The Morgan fingerprint density at radius 1 is 1.37 bits per heavy atom. The van der Waals surface area contributed by atoms with Gasteiger partial charge in [0.2, 0.25) is 0 Å². The van der Waals surface area contributed by atoms with Gasteiger partial charge in [-0.25, -0.2) is 0 Å². The minimum Gasteiger partial charge on any atom is -0.295 e. The standard InChI is InChI=1S/C14H23N5/c1-4-19-14(9-12(2)16-19)11-17-5-7-18(8-6-17)13(3)10-15/h9,13H,4-8,11H2,1-3H3. The highest BCUT2D eigenvalue weighted by Gasteiger charge is 2.21. The summed E-state index contributed by atoms with van der Waals surface area (Å²) < 4.78 is 2.08. The van der Waals surface area contributed by atoms with Crippen LogP contribution in [0, 0.1) is 18.3 Å². The van der Waals surface area contributed by atoms with E-state index in [0.717, 1.165) is 45.0 Å². The number of nitriles is 1. The summed E-state index contributed by atoms with van der Waals surface area (Å²) in [5.74, 6) is 0. The molecule has 1 atom stereocenters. The Kier molecular flexibility index (Phi) is 4.56. The first-order valence-electron chi connectivity index (χ1n) is 7.03. The highest BCUT2D eigenvalue weighted by molar-refractivity contribution is 5.09. The van der Waals surface area contributed by atoms with E-state index in [2.05, 4.69) is 38.6 Å². The number of aromatic nitrogens is 2. The Morgan fingerprint density at radius 2 is 2.05 bits per heavy atom. The maximum Gasteiger partial charge on any atom is 0.0950 e. The quantitative estimate of drug-likeness (QED) is 0.818. The van der Waals surface area contributed by atoms with Crippen molar-refractivity contribution in [1.29, 1.82) is 5.26 Å². The number of nitrogens with zero attached hydrogens (tertiary/aromatic N) is 5. The van der Waals surface area contributed by atoms with Gasteiger partial charge < -0.3 is 0 Å². The van der Waals surface area contributed by atoms with Crippen molar-refractivity contribution in [2.75, 3.05) is 26.2 Å². The third-order valence-corrected chi connectivity index (χ3v) is 3.81. The lowest BCUT2D eigenvalue weighted by Crippen LogP contribution is -2.48. The van der Waals surface area contributed by atoms with Gasteiger partial charge in [-0.1, -0.05) is 0 Å². The van der Waals surface area contributed by atoms with E-state index < -0.39 is 0 Å². The van der Waals surface area contributed by atoms with E-state index in [1.54, 1.807) is 0 Å². The van der Waals surface area contributed by atoms with Crippen LogP contribution < -0.4 is 0 Å². The van der Waals surface area contributed by atoms with E-state index >= 15 is 0 Å². The molecule has 0 saturated carbocycles. The molecular formula is C14H23N5. The molecule has 1 unspecified atom stereocenters. The number of rotatable bonds is 4. The third kappa shape index (κ3) is 3.34. The van der Waals surface area contributed by atoms with Crippen LogP contribution in [0.5, 0.6) is 0 Å². The molecule has 19 heavy (non-hydrogen) atoms. The average molecular weight is 261 g/mol. The maximum absolute atomic E-state index is 8.94. The lowest BCUT2D eigenvalue weighted by molar-refractivity contribution is 0.112. The Bertz CT molecular complexity index is 451. The van der Waals surface area contributed by atoms with E-state index in [1.807, 2.05) is 13.8 Å². The number of piperazine rings is 1. The molecule has 1 aromatic heterocycles. The molecule has 2 heterocycles. The molecule has 0 spiro atoms. The summed E-state index contributed by atoms with van der Waals surface area (Å²) in [6.07, 6.45) is 0. The molecule has 1 fully saturated rings. The van der Waals surface area contributed by atoms with Gasteiger partial charge in [0.05, 0.1) is 23.5 Å². The maximum atomic E-state index is 8.94. The minimum absolute atomic E-state index is 0.0329. The van der Waals surface area contributed by atoms with Crippen molar-refractivity contribution in [3.8, 4) is 6.07 Å². The molecule has 0 N–H and O–H groups in total. The molecule has 0 aromatic carbocycles. The van der Waals surface area contributed by atoms with Crippen molar-refractivity contribution in [2.45, 2.75) is 39.9 Å². The van der Waals surface area contributed by atoms with Crippen LogP contribution in [0.15, 0.2) is 6.07 Å². The van der Waals surface area contributed by atoms with Crippen LogP contribution in [-0.2, 0) is 13.1 Å². The lowest BCUT2D eigenvalue weighted by atomic mass is 10.2. The molecule has 0 aliphatic carbocycles. The van der Waals surface area contributed by atoms with E-state index in [4.69, 9.17) is 5.26 Å². The highest BCUT2D eigenvalue weighted by Crippen LogP contribution is 2.11. The second kappa shape index (κ2) is 6.18. The minimum atomic E-state index is 0.0329. The van der Waals surface area contributed by atoms with Gasteiger partial charge in [-0.15, -0.1) is 0 Å². The van der Waals surface area contributed by atoms with Crippen LogP contribution in [0.4, 0.5) is 0 Å². The summed E-state index contributed by atoms with van der Waals surface area (Å²) in [5, 5.41) is 13.4. The van der Waals surface area contributed by atoms with Gasteiger partial charge in [0.25, 0.3) is 0 Å². The van der Waals surface area contributed by atoms with Gasteiger partial charge in [-0.2, -0.15) is 10.4 Å². The van der Waals surface area contributed by atoms with Crippen LogP contribution in [0.25, 0.3) is 0 Å². The number of aryl methyl sites for hydroxylation is 2. The smallest absolute Gasteiger partial charge is 0.0950 e. The first-order valence-corrected chi connectivity index (χ1v) is 7.03. The predicted molar refractivity (Wildman–Crippen MR) is 74.6 cm³/mol. The van der Waals surface area contributed by atoms with Crippen molar-refractivity contribution in [2.24, 2.45) is 0 Å². The van der Waals surface area contributed by atoms with E-state index in [1.165, 1.54) is 5.69 Å². The van der Waals surface area contributed by atoms with Crippen LogP contribution in [0.2, 0.25) is 0 Å². The largest absolute Gasteiger partial charge is 0.295 e. The van der Waals surface area contributed by atoms with Crippen LogP contribution >= 0.6 is 0 Å². The number of hydrogen-bond acceptors (Lipinski definition) is 4. The SMILES string of the molecule is CCn1nc(C)cc1CN1CCN(C(C)C#N)CC1. The molecule has 1 saturated heterocycles. The Labute approximate surface area is 115 Å². The molecule has 5 heteroatoms. The summed E-state index contributed by atoms with van der Waals surface area (Å²) >= 11 is 0. The molecule has 5 nitrogen and oxygen atoms in total. The molecule has 104 valence electrons. The fraction of sp³-hybridized carbons (Fsp3) is 0.714. The van der Waals surface area contributed by atoms with Gasteiger partial charge in [0.15, 0.2) is 0 Å². The predicted octanol–water partition coefficient (Wildman–Crippen LogP) is 1.24. The Morgan fingerprint density at radius 3 is 2.63 bits per heavy atom. The van der Waals surface area contributed by atoms with Crippen LogP contribution in [0.1, 0.15) is 25.2 Å². The second-order valence-corrected chi connectivity index (χ2v) is 5.21. The van der Waals surface area contributed by atoms with Gasteiger partial charge in [0, 0.05) is 39.3 Å². The summed E-state index contributed by atoms with van der Waals surface area (Å²) in [6, 6.07) is 4.52.